The van der Waals surface area contributed by atoms with Crippen LogP contribution in [0.3, 0.4) is 0 Å². The number of nitrogens with zero attached hydrogens (tertiary/aromatic N) is 2. The van der Waals surface area contributed by atoms with E-state index in [0.717, 1.165) is 6.54 Å². The summed E-state index contributed by atoms with van der Waals surface area (Å²) in [5.41, 5.74) is 12.0. The SMILES string of the molecule is CC1=CC2c3ccccc3C=C(C3N4CC=CC=C4c4ccccc4C3(C)C)N2C=C1c1ccccc1. The molecular formula is C35H32N2. The minimum Gasteiger partial charge on any atom is -0.358 e. The Kier molecular flexibility index (Phi) is 4.94. The van der Waals surface area contributed by atoms with E-state index >= 15 is 0 Å². The highest BCUT2D eigenvalue weighted by molar-refractivity contribution is 5.81. The fourth-order valence-electron chi connectivity index (χ4n) is 6.84. The van der Waals surface area contributed by atoms with Crippen LogP contribution >= 0.6 is 0 Å². The summed E-state index contributed by atoms with van der Waals surface area (Å²) in [6.07, 6.45) is 14.1. The van der Waals surface area contributed by atoms with Crippen LogP contribution in [0.15, 0.2) is 121 Å². The third-order valence-electron chi connectivity index (χ3n) is 8.58. The largest absolute Gasteiger partial charge is 0.358 e. The molecule has 0 N–H and O–H groups in total. The molecule has 4 heterocycles. The molecule has 2 nitrogen and oxygen atoms in total. The lowest BCUT2D eigenvalue weighted by Gasteiger charge is -2.54. The Morgan fingerprint density at radius 2 is 1.62 bits per heavy atom. The molecular weight excluding hydrogens is 448 g/mol. The summed E-state index contributed by atoms with van der Waals surface area (Å²) >= 11 is 0. The maximum Gasteiger partial charge on any atom is 0.0789 e. The van der Waals surface area contributed by atoms with Crippen molar-refractivity contribution in [1.82, 2.24) is 9.80 Å². The molecule has 2 heteroatoms. The average molecular weight is 481 g/mol. The Morgan fingerprint density at radius 1 is 0.865 bits per heavy atom. The first kappa shape index (κ1) is 22.2. The molecule has 4 aliphatic heterocycles. The van der Waals surface area contributed by atoms with Crippen LogP contribution in [0.25, 0.3) is 17.3 Å². The zero-order valence-electron chi connectivity index (χ0n) is 21.7. The molecule has 0 amide bonds. The molecule has 0 saturated carbocycles. The summed E-state index contributed by atoms with van der Waals surface area (Å²) in [7, 11) is 0. The number of rotatable bonds is 2. The summed E-state index contributed by atoms with van der Waals surface area (Å²) < 4.78 is 0. The van der Waals surface area contributed by atoms with Crippen LogP contribution < -0.4 is 0 Å². The van der Waals surface area contributed by atoms with Gasteiger partial charge < -0.3 is 9.80 Å². The van der Waals surface area contributed by atoms with E-state index in [0.29, 0.717) is 0 Å². The van der Waals surface area contributed by atoms with E-state index in [-0.39, 0.29) is 17.5 Å². The van der Waals surface area contributed by atoms with Gasteiger partial charge in [0.05, 0.1) is 12.1 Å². The molecule has 0 fully saturated rings. The van der Waals surface area contributed by atoms with Gasteiger partial charge in [-0.25, -0.2) is 0 Å². The van der Waals surface area contributed by atoms with E-state index in [4.69, 9.17) is 0 Å². The van der Waals surface area contributed by atoms with Gasteiger partial charge in [-0.1, -0.05) is 111 Å². The zero-order chi connectivity index (χ0) is 25.1. The predicted molar refractivity (Wildman–Crippen MR) is 154 cm³/mol. The maximum atomic E-state index is 2.63. The monoisotopic (exact) mass is 480 g/mol. The lowest BCUT2D eigenvalue weighted by molar-refractivity contribution is 0.192. The second-order valence-electron chi connectivity index (χ2n) is 11.1. The van der Waals surface area contributed by atoms with Gasteiger partial charge in [-0.3, -0.25) is 0 Å². The van der Waals surface area contributed by atoms with E-state index in [9.17, 15) is 0 Å². The molecule has 7 rings (SSSR count). The summed E-state index contributed by atoms with van der Waals surface area (Å²) in [5, 5.41) is 0. The van der Waals surface area contributed by atoms with Crippen LogP contribution in [0.5, 0.6) is 0 Å². The molecule has 0 spiro atoms. The molecule has 0 radical (unpaired) electrons. The number of allylic oxidation sites excluding steroid dienone is 4. The molecule has 2 unspecified atom stereocenters. The fraction of sp³-hybridized carbons (Fsp3) is 0.200. The summed E-state index contributed by atoms with van der Waals surface area (Å²) in [5.74, 6) is 0. The van der Waals surface area contributed by atoms with Crippen LogP contribution in [0.4, 0.5) is 0 Å². The van der Waals surface area contributed by atoms with E-state index < -0.39 is 0 Å². The van der Waals surface area contributed by atoms with Crippen LogP contribution in [0, 0.1) is 0 Å². The third kappa shape index (κ3) is 3.32. The van der Waals surface area contributed by atoms with E-state index in [1.54, 1.807) is 0 Å². The normalized spacial score (nSPS) is 23.0. The highest BCUT2D eigenvalue weighted by Gasteiger charge is 2.48. The van der Waals surface area contributed by atoms with Gasteiger partial charge in [-0.2, -0.15) is 0 Å². The van der Waals surface area contributed by atoms with Crippen LogP contribution in [-0.4, -0.2) is 22.4 Å². The lowest BCUT2D eigenvalue weighted by Crippen LogP contribution is -2.55. The van der Waals surface area contributed by atoms with Crippen molar-refractivity contribution in [2.24, 2.45) is 0 Å². The van der Waals surface area contributed by atoms with E-state index in [2.05, 4.69) is 146 Å². The predicted octanol–water partition coefficient (Wildman–Crippen LogP) is 7.96. The molecule has 37 heavy (non-hydrogen) atoms. The highest BCUT2D eigenvalue weighted by atomic mass is 15.3. The van der Waals surface area contributed by atoms with Crippen molar-refractivity contribution in [3.8, 4) is 0 Å². The van der Waals surface area contributed by atoms with Gasteiger partial charge in [0.1, 0.15) is 0 Å². The Balaban J connectivity index is 1.46. The van der Waals surface area contributed by atoms with Gasteiger partial charge in [-0.15, -0.1) is 0 Å². The number of hydrogen-bond acceptors (Lipinski definition) is 2. The van der Waals surface area contributed by atoms with E-state index in [1.807, 2.05) is 0 Å². The van der Waals surface area contributed by atoms with Gasteiger partial charge in [-0.05, 0) is 46.9 Å². The third-order valence-corrected chi connectivity index (χ3v) is 8.58. The number of fused-ring (bicyclic) bond motifs is 6. The molecule has 0 aromatic heterocycles. The van der Waals surface area contributed by atoms with Crippen LogP contribution in [0.1, 0.15) is 54.6 Å². The minimum absolute atomic E-state index is 0.0846. The molecule has 0 aliphatic carbocycles. The Labute approximate surface area is 220 Å². The van der Waals surface area contributed by atoms with Crippen molar-refractivity contribution in [2.75, 3.05) is 6.54 Å². The summed E-state index contributed by atoms with van der Waals surface area (Å²) in [6, 6.07) is 29.1. The second kappa shape index (κ2) is 8.24. The summed E-state index contributed by atoms with van der Waals surface area (Å²) in [4.78, 5) is 5.19. The maximum absolute atomic E-state index is 2.63. The Morgan fingerprint density at radius 3 is 2.49 bits per heavy atom. The van der Waals surface area contributed by atoms with Crippen molar-refractivity contribution in [2.45, 2.75) is 38.3 Å². The van der Waals surface area contributed by atoms with Gasteiger partial charge in [0.15, 0.2) is 0 Å². The average Bonchev–Trinajstić information content (AvgIpc) is 2.93. The topological polar surface area (TPSA) is 6.48 Å². The molecule has 182 valence electrons. The minimum atomic E-state index is -0.0846. The number of hydrogen-bond donors (Lipinski definition) is 0. The Hall–Kier alpha value is -4.04. The summed E-state index contributed by atoms with van der Waals surface area (Å²) in [6.45, 7) is 8.02. The second-order valence-corrected chi connectivity index (χ2v) is 11.1. The van der Waals surface area contributed by atoms with Crippen molar-refractivity contribution >= 4 is 17.3 Å². The van der Waals surface area contributed by atoms with Crippen molar-refractivity contribution in [1.29, 1.82) is 0 Å². The van der Waals surface area contributed by atoms with Crippen LogP contribution in [-0.2, 0) is 5.41 Å². The Bertz CT molecular complexity index is 1550. The smallest absolute Gasteiger partial charge is 0.0789 e. The molecule has 4 aliphatic rings. The van der Waals surface area contributed by atoms with Crippen molar-refractivity contribution in [3.63, 3.8) is 0 Å². The van der Waals surface area contributed by atoms with Crippen molar-refractivity contribution in [3.05, 3.63) is 148 Å². The highest BCUT2D eigenvalue weighted by Crippen LogP contribution is 2.51. The van der Waals surface area contributed by atoms with Gasteiger partial charge in [0.25, 0.3) is 0 Å². The van der Waals surface area contributed by atoms with Gasteiger partial charge in [0, 0.05) is 40.7 Å². The molecule has 3 aromatic carbocycles. The molecule has 0 bridgehead atoms. The van der Waals surface area contributed by atoms with Crippen LogP contribution in [0.2, 0.25) is 0 Å². The molecule has 2 atom stereocenters. The van der Waals surface area contributed by atoms with Crippen molar-refractivity contribution < 1.29 is 0 Å². The first-order valence-corrected chi connectivity index (χ1v) is 13.3. The quantitative estimate of drug-likeness (QED) is 0.367. The fourth-order valence-corrected chi connectivity index (χ4v) is 6.84. The van der Waals surface area contributed by atoms with E-state index in [1.165, 1.54) is 50.4 Å². The zero-order valence-corrected chi connectivity index (χ0v) is 21.7. The molecule has 0 saturated heterocycles. The first-order chi connectivity index (χ1) is 18.0. The lowest BCUT2D eigenvalue weighted by atomic mass is 9.68. The van der Waals surface area contributed by atoms with Gasteiger partial charge in [0.2, 0.25) is 0 Å². The number of benzene rings is 3. The first-order valence-electron chi connectivity index (χ1n) is 13.3. The van der Waals surface area contributed by atoms with Gasteiger partial charge >= 0.3 is 0 Å². The standard InChI is InChI=1S/C35H32N2/c1-24-21-32-27-16-8-7-15-26(27)22-33(37(32)23-29(24)25-13-5-4-6-14-25)34-35(2,3)30-18-10-9-17-28(30)31-19-11-12-20-36(31)34/h4-19,21-23,32,34H,20H2,1-3H3. The molecule has 3 aromatic rings.